The van der Waals surface area contributed by atoms with Gasteiger partial charge in [0.2, 0.25) is 0 Å². The van der Waals surface area contributed by atoms with Crippen molar-refractivity contribution in [3.8, 4) is 0 Å². The molecular weight excluding hydrogens is 371 g/mol. The molecular formula is C11H15Br2ClN2O. The lowest BCUT2D eigenvalue weighted by molar-refractivity contribution is 0.0950. The molecule has 1 rings (SSSR count). The first-order chi connectivity index (χ1) is 7.54. The van der Waals surface area contributed by atoms with Gasteiger partial charge in [-0.15, -0.1) is 12.4 Å². The minimum absolute atomic E-state index is 0. The summed E-state index contributed by atoms with van der Waals surface area (Å²) in [4.78, 5) is 11.8. The number of nitrogens with one attached hydrogen (secondary N) is 2. The zero-order valence-electron chi connectivity index (χ0n) is 9.59. The van der Waals surface area contributed by atoms with Gasteiger partial charge in [0.25, 0.3) is 5.91 Å². The molecule has 6 heteroatoms. The Morgan fingerprint density at radius 2 is 2.06 bits per heavy atom. The van der Waals surface area contributed by atoms with Crippen molar-refractivity contribution in [3.05, 3.63) is 32.7 Å². The van der Waals surface area contributed by atoms with Crippen LogP contribution in [0, 0.1) is 0 Å². The lowest BCUT2D eigenvalue weighted by atomic mass is 10.2. The molecule has 1 unspecified atom stereocenters. The summed E-state index contributed by atoms with van der Waals surface area (Å²) in [6.07, 6.45) is 0. The van der Waals surface area contributed by atoms with Crippen LogP contribution in [0.15, 0.2) is 27.1 Å². The maximum absolute atomic E-state index is 11.8. The van der Waals surface area contributed by atoms with Crippen molar-refractivity contribution in [2.75, 3.05) is 13.6 Å². The molecule has 0 saturated heterocycles. The van der Waals surface area contributed by atoms with Crippen LogP contribution < -0.4 is 10.6 Å². The Labute approximate surface area is 124 Å². The van der Waals surface area contributed by atoms with E-state index in [1.54, 1.807) is 6.07 Å². The van der Waals surface area contributed by atoms with Gasteiger partial charge in [-0.3, -0.25) is 4.79 Å². The molecule has 3 nitrogen and oxygen atoms in total. The number of rotatable bonds is 4. The van der Waals surface area contributed by atoms with E-state index in [1.807, 2.05) is 26.1 Å². The Kier molecular flexibility index (Phi) is 8.03. The highest BCUT2D eigenvalue weighted by Gasteiger charge is 2.10. The summed E-state index contributed by atoms with van der Waals surface area (Å²) in [6, 6.07) is 5.75. The zero-order valence-corrected chi connectivity index (χ0v) is 13.6. The lowest BCUT2D eigenvalue weighted by Gasteiger charge is -2.12. The van der Waals surface area contributed by atoms with Gasteiger partial charge in [-0.25, -0.2) is 0 Å². The summed E-state index contributed by atoms with van der Waals surface area (Å²) in [5.41, 5.74) is 0.645. The Morgan fingerprint density at radius 1 is 1.41 bits per heavy atom. The molecule has 0 aliphatic rings. The normalized spacial score (nSPS) is 11.5. The molecule has 0 aromatic heterocycles. The minimum atomic E-state index is -0.0681. The van der Waals surface area contributed by atoms with Crippen LogP contribution in [-0.4, -0.2) is 25.5 Å². The predicted molar refractivity (Wildman–Crippen MR) is 79.9 cm³/mol. The summed E-state index contributed by atoms with van der Waals surface area (Å²) < 4.78 is 1.73. The van der Waals surface area contributed by atoms with E-state index in [1.165, 1.54) is 0 Å². The number of hydrogen-bond donors (Lipinski definition) is 2. The molecule has 1 aromatic carbocycles. The Balaban J connectivity index is 0.00000256. The van der Waals surface area contributed by atoms with Crippen molar-refractivity contribution in [1.29, 1.82) is 0 Å². The molecule has 1 atom stereocenters. The van der Waals surface area contributed by atoms with E-state index in [0.717, 1.165) is 8.95 Å². The molecule has 0 radical (unpaired) electrons. The highest BCUT2D eigenvalue weighted by molar-refractivity contribution is 9.11. The molecule has 0 spiro atoms. The highest BCUT2D eigenvalue weighted by Crippen LogP contribution is 2.21. The van der Waals surface area contributed by atoms with Crippen molar-refractivity contribution in [2.45, 2.75) is 13.0 Å². The Hall–Kier alpha value is -0.100. The van der Waals surface area contributed by atoms with Gasteiger partial charge in [0, 0.05) is 21.5 Å². The van der Waals surface area contributed by atoms with Crippen LogP contribution in [0.4, 0.5) is 0 Å². The van der Waals surface area contributed by atoms with E-state index in [2.05, 4.69) is 42.5 Å². The first-order valence-electron chi connectivity index (χ1n) is 4.95. The van der Waals surface area contributed by atoms with Crippen molar-refractivity contribution < 1.29 is 4.79 Å². The van der Waals surface area contributed by atoms with E-state index < -0.39 is 0 Å². The molecule has 0 saturated carbocycles. The molecule has 96 valence electrons. The topological polar surface area (TPSA) is 41.1 Å². The smallest absolute Gasteiger partial charge is 0.252 e. The van der Waals surface area contributed by atoms with E-state index >= 15 is 0 Å². The average Bonchev–Trinajstić information content (AvgIpc) is 2.25. The van der Waals surface area contributed by atoms with Gasteiger partial charge >= 0.3 is 0 Å². The fraction of sp³-hybridized carbons (Fsp3) is 0.364. The van der Waals surface area contributed by atoms with Gasteiger partial charge in [-0.2, -0.15) is 0 Å². The van der Waals surface area contributed by atoms with Gasteiger partial charge < -0.3 is 10.6 Å². The summed E-state index contributed by atoms with van der Waals surface area (Å²) in [5, 5.41) is 5.92. The molecule has 2 N–H and O–H groups in total. The van der Waals surface area contributed by atoms with Crippen LogP contribution in [0.5, 0.6) is 0 Å². The molecule has 0 heterocycles. The summed E-state index contributed by atoms with van der Waals surface area (Å²) in [7, 11) is 1.87. The fourth-order valence-corrected chi connectivity index (χ4v) is 2.34. The van der Waals surface area contributed by atoms with Crippen LogP contribution in [0.25, 0.3) is 0 Å². The first kappa shape index (κ1) is 16.9. The minimum Gasteiger partial charge on any atom is -0.350 e. The van der Waals surface area contributed by atoms with Crippen LogP contribution >= 0.6 is 44.3 Å². The monoisotopic (exact) mass is 384 g/mol. The maximum atomic E-state index is 11.8. The van der Waals surface area contributed by atoms with Gasteiger partial charge in [-0.1, -0.05) is 15.9 Å². The number of benzene rings is 1. The standard InChI is InChI=1S/C11H14Br2N2O.ClH/c1-7(14-2)6-15-11(16)9-4-3-8(12)5-10(9)13;/h3-5,7,14H,6H2,1-2H3,(H,15,16);1H. The van der Waals surface area contributed by atoms with Crippen LogP contribution in [0.2, 0.25) is 0 Å². The lowest BCUT2D eigenvalue weighted by Crippen LogP contribution is -2.37. The van der Waals surface area contributed by atoms with Crippen LogP contribution in [0.1, 0.15) is 17.3 Å². The molecule has 0 bridgehead atoms. The van der Waals surface area contributed by atoms with Crippen LogP contribution in [-0.2, 0) is 0 Å². The Morgan fingerprint density at radius 3 is 2.59 bits per heavy atom. The van der Waals surface area contributed by atoms with Gasteiger partial charge in [0.05, 0.1) is 5.56 Å². The third-order valence-electron chi connectivity index (χ3n) is 2.24. The number of amides is 1. The SMILES string of the molecule is CNC(C)CNC(=O)c1ccc(Br)cc1Br.Cl. The first-order valence-corrected chi connectivity index (χ1v) is 6.53. The second-order valence-electron chi connectivity index (χ2n) is 3.52. The second kappa shape index (κ2) is 8.08. The van der Waals surface area contributed by atoms with Gasteiger partial charge in [0.15, 0.2) is 0 Å². The quantitative estimate of drug-likeness (QED) is 0.835. The summed E-state index contributed by atoms with van der Waals surface area (Å²) in [5.74, 6) is -0.0681. The number of carbonyl (C=O) groups is 1. The summed E-state index contributed by atoms with van der Waals surface area (Å²) in [6.45, 7) is 2.62. The number of carbonyl (C=O) groups excluding carboxylic acids is 1. The molecule has 0 aliphatic carbocycles. The average molecular weight is 387 g/mol. The van der Waals surface area contributed by atoms with E-state index in [0.29, 0.717) is 12.1 Å². The zero-order chi connectivity index (χ0) is 12.1. The van der Waals surface area contributed by atoms with Crippen molar-refractivity contribution >= 4 is 50.2 Å². The van der Waals surface area contributed by atoms with Gasteiger partial charge in [0.1, 0.15) is 0 Å². The number of likely N-dealkylation sites (N-methyl/N-ethyl adjacent to an activating group) is 1. The largest absolute Gasteiger partial charge is 0.350 e. The van der Waals surface area contributed by atoms with Crippen molar-refractivity contribution in [3.63, 3.8) is 0 Å². The molecule has 0 fully saturated rings. The van der Waals surface area contributed by atoms with Crippen molar-refractivity contribution in [2.24, 2.45) is 0 Å². The van der Waals surface area contributed by atoms with Gasteiger partial charge in [-0.05, 0) is 48.1 Å². The molecule has 1 aromatic rings. The second-order valence-corrected chi connectivity index (χ2v) is 5.29. The molecule has 0 aliphatic heterocycles. The summed E-state index contributed by atoms with van der Waals surface area (Å²) >= 11 is 6.71. The molecule has 1 amide bonds. The van der Waals surface area contributed by atoms with E-state index in [4.69, 9.17) is 0 Å². The van der Waals surface area contributed by atoms with Crippen molar-refractivity contribution in [1.82, 2.24) is 10.6 Å². The maximum Gasteiger partial charge on any atom is 0.252 e. The fourth-order valence-electron chi connectivity index (χ4n) is 1.12. The highest BCUT2D eigenvalue weighted by atomic mass is 79.9. The predicted octanol–water partition coefficient (Wildman–Crippen LogP) is 2.97. The van der Waals surface area contributed by atoms with Crippen LogP contribution in [0.3, 0.4) is 0 Å². The Bertz CT molecular complexity index is 388. The molecule has 17 heavy (non-hydrogen) atoms. The van der Waals surface area contributed by atoms with E-state index in [-0.39, 0.29) is 24.4 Å². The van der Waals surface area contributed by atoms with E-state index in [9.17, 15) is 4.79 Å². The number of halogens is 3. The third-order valence-corrected chi connectivity index (χ3v) is 3.39. The third kappa shape index (κ3) is 5.38. The number of hydrogen-bond acceptors (Lipinski definition) is 2.